The second-order valence-corrected chi connectivity index (χ2v) is 5.36. The van der Waals surface area contributed by atoms with Crippen molar-refractivity contribution in [2.75, 3.05) is 10.6 Å². The standard InChI is InChI=1S/C20H18N2O/c1-15-8-7-11-17(14-15)21-20(23)22-19-13-6-5-12-18(19)16-9-3-2-4-10-16/h2-14H,1H3,(H2,21,22,23). The summed E-state index contributed by atoms with van der Waals surface area (Å²) in [5.41, 5.74) is 4.72. The maximum absolute atomic E-state index is 12.3. The van der Waals surface area contributed by atoms with Gasteiger partial charge in [-0.15, -0.1) is 0 Å². The quantitative estimate of drug-likeness (QED) is 0.676. The molecule has 0 aliphatic heterocycles. The van der Waals surface area contributed by atoms with Crippen molar-refractivity contribution in [2.45, 2.75) is 6.92 Å². The Kier molecular flexibility index (Phi) is 4.39. The van der Waals surface area contributed by atoms with Crippen molar-refractivity contribution in [3.05, 3.63) is 84.4 Å². The van der Waals surface area contributed by atoms with Gasteiger partial charge in [-0.2, -0.15) is 0 Å². The summed E-state index contributed by atoms with van der Waals surface area (Å²) in [5, 5.41) is 5.79. The lowest BCUT2D eigenvalue weighted by atomic mass is 10.0. The Morgan fingerprint density at radius 3 is 2.30 bits per heavy atom. The van der Waals surface area contributed by atoms with Crippen molar-refractivity contribution in [3.63, 3.8) is 0 Å². The van der Waals surface area contributed by atoms with Gasteiger partial charge in [0.2, 0.25) is 0 Å². The molecule has 0 heterocycles. The molecule has 0 aliphatic carbocycles. The van der Waals surface area contributed by atoms with Crippen LogP contribution >= 0.6 is 0 Å². The highest BCUT2D eigenvalue weighted by atomic mass is 16.2. The number of rotatable bonds is 3. The van der Waals surface area contributed by atoms with E-state index in [0.717, 1.165) is 28.1 Å². The summed E-state index contributed by atoms with van der Waals surface area (Å²) >= 11 is 0. The van der Waals surface area contributed by atoms with Gasteiger partial charge in [0.25, 0.3) is 0 Å². The van der Waals surface area contributed by atoms with E-state index in [9.17, 15) is 4.79 Å². The zero-order chi connectivity index (χ0) is 16.1. The average molecular weight is 302 g/mol. The first-order valence-electron chi connectivity index (χ1n) is 7.51. The minimum atomic E-state index is -0.251. The molecule has 3 nitrogen and oxygen atoms in total. The van der Waals surface area contributed by atoms with E-state index in [1.165, 1.54) is 0 Å². The van der Waals surface area contributed by atoms with Gasteiger partial charge in [0, 0.05) is 11.3 Å². The number of carbonyl (C=O) groups excluding carboxylic acids is 1. The van der Waals surface area contributed by atoms with Crippen LogP contribution in [0.2, 0.25) is 0 Å². The predicted octanol–water partition coefficient (Wildman–Crippen LogP) is 5.31. The number of hydrogen-bond donors (Lipinski definition) is 2. The number of anilines is 2. The summed E-state index contributed by atoms with van der Waals surface area (Å²) in [6.07, 6.45) is 0. The maximum atomic E-state index is 12.3. The lowest BCUT2D eigenvalue weighted by Crippen LogP contribution is -2.19. The third kappa shape index (κ3) is 3.77. The number of carbonyl (C=O) groups is 1. The highest BCUT2D eigenvalue weighted by molar-refractivity contribution is 6.02. The second kappa shape index (κ2) is 6.79. The zero-order valence-corrected chi connectivity index (χ0v) is 12.9. The Morgan fingerprint density at radius 2 is 1.52 bits per heavy atom. The molecule has 0 spiro atoms. The molecule has 2 N–H and O–H groups in total. The number of para-hydroxylation sites is 1. The molecule has 114 valence electrons. The van der Waals surface area contributed by atoms with Crippen molar-refractivity contribution < 1.29 is 4.79 Å². The number of hydrogen-bond acceptors (Lipinski definition) is 1. The third-order valence-corrected chi connectivity index (χ3v) is 3.54. The van der Waals surface area contributed by atoms with Crippen LogP contribution in [0.25, 0.3) is 11.1 Å². The van der Waals surface area contributed by atoms with Gasteiger partial charge in [0.05, 0.1) is 5.69 Å². The van der Waals surface area contributed by atoms with E-state index in [-0.39, 0.29) is 6.03 Å². The Labute approximate surface area is 136 Å². The summed E-state index contributed by atoms with van der Waals surface area (Å²) in [5.74, 6) is 0. The minimum absolute atomic E-state index is 0.251. The van der Waals surface area contributed by atoms with Crippen LogP contribution in [0.4, 0.5) is 16.2 Å². The Morgan fingerprint density at radius 1 is 0.783 bits per heavy atom. The Balaban J connectivity index is 1.79. The zero-order valence-electron chi connectivity index (χ0n) is 12.9. The van der Waals surface area contributed by atoms with Crippen molar-refractivity contribution in [2.24, 2.45) is 0 Å². The van der Waals surface area contributed by atoms with Gasteiger partial charge in [0.1, 0.15) is 0 Å². The van der Waals surface area contributed by atoms with Crippen LogP contribution in [0.3, 0.4) is 0 Å². The van der Waals surface area contributed by atoms with E-state index in [4.69, 9.17) is 0 Å². The van der Waals surface area contributed by atoms with Crippen LogP contribution in [0.15, 0.2) is 78.9 Å². The molecule has 0 aromatic heterocycles. The SMILES string of the molecule is Cc1cccc(NC(=O)Nc2ccccc2-c2ccccc2)c1. The van der Waals surface area contributed by atoms with Gasteiger partial charge in [-0.3, -0.25) is 0 Å². The van der Waals surface area contributed by atoms with Crippen LogP contribution < -0.4 is 10.6 Å². The molecule has 3 heteroatoms. The van der Waals surface area contributed by atoms with E-state index in [1.54, 1.807) is 0 Å². The smallest absolute Gasteiger partial charge is 0.308 e. The highest BCUT2D eigenvalue weighted by Gasteiger charge is 2.08. The fourth-order valence-corrected chi connectivity index (χ4v) is 2.47. The van der Waals surface area contributed by atoms with Crippen LogP contribution in [-0.4, -0.2) is 6.03 Å². The summed E-state index contributed by atoms with van der Waals surface area (Å²) in [6, 6.07) is 25.2. The van der Waals surface area contributed by atoms with Gasteiger partial charge in [0.15, 0.2) is 0 Å². The van der Waals surface area contributed by atoms with Crippen molar-refractivity contribution in [1.29, 1.82) is 0 Å². The first-order chi connectivity index (χ1) is 11.2. The van der Waals surface area contributed by atoms with Gasteiger partial charge in [-0.05, 0) is 36.2 Å². The molecule has 2 amide bonds. The maximum Gasteiger partial charge on any atom is 0.323 e. The van der Waals surface area contributed by atoms with Gasteiger partial charge in [-0.1, -0.05) is 60.7 Å². The summed E-state index contributed by atoms with van der Waals surface area (Å²) in [4.78, 5) is 12.3. The predicted molar refractivity (Wildman–Crippen MR) is 95.7 cm³/mol. The molecule has 3 rings (SSSR count). The van der Waals surface area contributed by atoms with E-state index >= 15 is 0 Å². The van der Waals surface area contributed by atoms with E-state index < -0.39 is 0 Å². The minimum Gasteiger partial charge on any atom is -0.308 e. The van der Waals surface area contributed by atoms with Crippen LogP contribution in [0.5, 0.6) is 0 Å². The topological polar surface area (TPSA) is 41.1 Å². The molecule has 23 heavy (non-hydrogen) atoms. The van der Waals surface area contributed by atoms with E-state index in [1.807, 2.05) is 85.8 Å². The molecular formula is C20H18N2O. The molecule has 0 atom stereocenters. The molecule has 0 unspecified atom stereocenters. The number of aryl methyl sites for hydroxylation is 1. The van der Waals surface area contributed by atoms with Crippen molar-refractivity contribution >= 4 is 17.4 Å². The summed E-state index contributed by atoms with van der Waals surface area (Å²) in [7, 11) is 0. The molecule has 3 aromatic carbocycles. The molecule has 0 aliphatic rings. The lowest BCUT2D eigenvalue weighted by Gasteiger charge is -2.12. The number of amides is 2. The van der Waals surface area contributed by atoms with Crippen LogP contribution in [0.1, 0.15) is 5.56 Å². The molecule has 0 saturated carbocycles. The Bertz CT molecular complexity index is 813. The second-order valence-electron chi connectivity index (χ2n) is 5.36. The Hall–Kier alpha value is -3.07. The van der Waals surface area contributed by atoms with Crippen molar-refractivity contribution in [3.8, 4) is 11.1 Å². The fourth-order valence-electron chi connectivity index (χ4n) is 2.47. The van der Waals surface area contributed by atoms with Crippen molar-refractivity contribution in [1.82, 2.24) is 0 Å². The van der Waals surface area contributed by atoms with E-state index in [0.29, 0.717) is 0 Å². The average Bonchev–Trinajstić information content (AvgIpc) is 2.56. The molecule has 0 fully saturated rings. The molecular weight excluding hydrogens is 284 g/mol. The molecule has 3 aromatic rings. The monoisotopic (exact) mass is 302 g/mol. The number of urea groups is 1. The van der Waals surface area contributed by atoms with Crippen LogP contribution in [-0.2, 0) is 0 Å². The molecule has 0 saturated heterocycles. The normalized spacial score (nSPS) is 10.1. The number of nitrogens with one attached hydrogen (secondary N) is 2. The largest absolute Gasteiger partial charge is 0.323 e. The third-order valence-electron chi connectivity index (χ3n) is 3.54. The fraction of sp³-hybridized carbons (Fsp3) is 0.0500. The van der Waals surface area contributed by atoms with Gasteiger partial charge in [-0.25, -0.2) is 4.79 Å². The van der Waals surface area contributed by atoms with Crippen LogP contribution in [0, 0.1) is 6.92 Å². The highest BCUT2D eigenvalue weighted by Crippen LogP contribution is 2.27. The first-order valence-corrected chi connectivity index (χ1v) is 7.51. The molecule has 0 radical (unpaired) electrons. The van der Waals surface area contributed by atoms with E-state index in [2.05, 4.69) is 10.6 Å². The van der Waals surface area contributed by atoms with Gasteiger partial charge >= 0.3 is 6.03 Å². The summed E-state index contributed by atoms with van der Waals surface area (Å²) in [6.45, 7) is 1.99. The first kappa shape index (κ1) is 14.9. The summed E-state index contributed by atoms with van der Waals surface area (Å²) < 4.78 is 0. The van der Waals surface area contributed by atoms with Gasteiger partial charge < -0.3 is 10.6 Å². The lowest BCUT2D eigenvalue weighted by molar-refractivity contribution is 0.262. The molecule has 0 bridgehead atoms. The number of benzene rings is 3.